The highest BCUT2D eigenvalue weighted by Gasteiger charge is 2.11. The van der Waals surface area contributed by atoms with Crippen molar-refractivity contribution in [1.29, 1.82) is 0 Å². The van der Waals surface area contributed by atoms with Gasteiger partial charge in [-0.2, -0.15) is 0 Å². The molecule has 1 aromatic heterocycles. The normalized spacial score (nSPS) is 14.1. The molecule has 1 saturated heterocycles. The molecular formula is C26H27ClFN3O3. The van der Waals surface area contributed by atoms with E-state index in [4.69, 9.17) is 21.1 Å². The maximum absolute atomic E-state index is 14.0. The van der Waals surface area contributed by atoms with Crippen LogP contribution in [0.2, 0.25) is 5.02 Å². The summed E-state index contributed by atoms with van der Waals surface area (Å²) in [5, 5.41) is 3.50. The third-order valence-corrected chi connectivity index (χ3v) is 5.80. The van der Waals surface area contributed by atoms with Crippen molar-refractivity contribution < 1.29 is 18.7 Å². The molecule has 0 atom stereocenters. The second-order valence-corrected chi connectivity index (χ2v) is 8.53. The second-order valence-electron chi connectivity index (χ2n) is 8.10. The third kappa shape index (κ3) is 7.25. The number of hydrogen-bond acceptors (Lipinski definition) is 5. The van der Waals surface area contributed by atoms with Crippen LogP contribution in [0.15, 0.2) is 60.8 Å². The van der Waals surface area contributed by atoms with Gasteiger partial charge in [0.25, 0.3) is 0 Å². The minimum absolute atomic E-state index is 0.138. The van der Waals surface area contributed by atoms with Gasteiger partial charge in [0.15, 0.2) is 0 Å². The van der Waals surface area contributed by atoms with Crippen LogP contribution in [-0.2, 0) is 22.5 Å². The predicted octanol–water partition coefficient (Wildman–Crippen LogP) is 4.11. The van der Waals surface area contributed by atoms with Gasteiger partial charge in [-0.1, -0.05) is 29.8 Å². The Morgan fingerprint density at radius 2 is 1.85 bits per heavy atom. The number of hydrogen-bond donors (Lipinski definition) is 1. The molecule has 34 heavy (non-hydrogen) atoms. The van der Waals surface area contributed by atoms with Crippen LogP contribution in [0.25, 0.3) is 11.1 Å². The van der Waals surface area contributed by atoms with Gasteiger partial charge >= 0.3 is 0 Å². The Morgan fingerprint density at radius 1 is 1.09 bits per heavy atom. The molecule has 0 spiro atoms. The number of nitrogens with zero attached hydrogens (tertiary/aromatic N) is 2. The van der Waals surface area contributed by atoms with E-state index in [0.29, 0.717) is 28.6 Å². The van der Waals surface area contributed by atoms with Crippen LogP contribution in [0, 0.1) is 5.82 Å². The molecule has 0 radical (unpaired) electrons. The van der Waals surface area contributed by atoms with E-state index in [0.717, 1.165) is 44.0 Å². The van der Waals surface area contributed by atoms with Crippen molar-refractivity contribution in [3.63, 3.8) is 0 Å². The van der Waals surface area contributed by atoms with Gasteiger partial charge in [0.1, 0.15) is 18.2 Å². The molecule has 3 aromatic rings. The first kappa shape index (κ1) is 24.1. The minimum atomic E-state index is -0.396. The van der Waals surface area contributed by atoms with E-state index in [1.807, 2.05) is 36.4 Å². The van der Waals surface area contributed by atoms with Crippen LogP contribution in [-0.4, -0.2) is 55.2 Å². The van der Waals surface area contributed by atoms with Crippen molar-refractivity contribution in [2.75, 3.05) is 39.5 Å². The number of nitrogens with one attached hydrogen (secondary N) is 1. The Hall–Kier alpha value is -3.00. The van der Waals surface area contributed by atoms with Crippen LogP contribution in [0.1, 0.15) is 11.3 Å². The number of carbonyl (C=O) groups excluding carboxylic acids is 1. The summed E-state index contributed by atoms with van der Waals surface area (Å²) < 4.78 is 25.1. The van der Waals surface area contributed by atoms with Crippen LogP contribution >= 0.6 is 11.6 Å². The summed E-state index contributed by atoms with van der Waals surface area (Å²) >= 11 is 5.93. The number of rotatable bonds is 9. The molecule has 8 heteroatoms. The molecule has 1 N–H and O–H groups in total. The fourth-order valence-corrected chi connectivity index (χ4v) is 3.82. The van der Waals surface area contributed by atoms with Crippen molar-refractivity contribution >= 4 is 17.5 Å². The van der Waals surface area contributed by atoms with E-state index in [1.165, 1.54) is 12.1 Å². The van der Waals surface area contributed by atoms with Crippen LogP contribution in [0.3, 0.4) is 0 Å². The van der Waals surface area contributed by atoms with Crippen molar-refractivity contribution in [3.8, 4) is 16.9 Å². The highest BCUT2D eigenvalue weighted by atomic mass is 35.5. The van der Waals surface area contributed by atoms with Crippen LogP contribution < -0.4 is 10.1 Å². The molecule has 0 unspecified atom stereocenters. The molecule has 1 aliphatic rings. The van der Waals surface area contributed by atoms with E-state index in [9.17, 15) is 9.18 Å². The lowest BCUT2D eigenvalue weighted by Gasteiger charge is -2.26. The lowest BCUT2D eigenvalue weighted by atomic mass is 10.1. The largest absolute Gasteiger partial charge is 0.492 e. The summed E-state index contributed by atoms with van der Waals surface area (Å²) in [5.74, 6) is -0.129. The highest BCUT2D eigenvalue weighted by molar-refractivity contribution is 6.30. The molecule has 178 valence electrons. The topological polar surface area (TPSA) is 63.7 Å². The van der Waals surface area contributed by atoms with Crippen LogP contribution in [0.5, 0.6) is 5.75 Å². The summed E-state index contributed by atoms with van der Waals surface area (Å²) in [6.07, 6.45) is 1.87. The molecule has 1 fully saturated rings. The third-order valence-electron chi connectivity index (χ3n) is 5.54. The van der Waals surface area contributed by atoms with Crippen molar-refractivity contribution in [1.82, 2.24) is 15.2 Å². The van der Waals surface area contributed by atoms with Gasteiger partial charge in [0.2, 0.25) is 5.91 Å². The van der Waals surface area contributed by atoms with Crippen molar-refractivity contribution in [3.05, 3.63) is 82.9 Å². The van der Waals surface area contributed by atoms with Gasteiger partial charge in [-0.25, -0.2) is 4.39 Å². The average molecular weight is 484 g/mol. The number of pyridine rings is 1. The zero-order valence-corrected chi connectivity index (χ0v) is 19.6. The van der Waals surface area contributed by atoms with Gasteiger partial charge in [-0.05, 0) is 41.5 Å². The van der Waals surface area contributed by atoms with E-state index in [1.54, 1.807) is 12.3 Å². The minimum Gasteiger partial charge on any atom is -0.492 e. The number of benzene rings is 2. The van der Waals surface area contributed by atoms with E-state index >= 15 is 0 Å². The van der Waals surface area contributed by atoms with E-state index in [2.05, 4.69) is 15.2 Å². The quantitative estimate of drug-likeness (QED) is 0.496. The molecule has 6 nitrogen and oxygen atoms in total. The zero-order valence-electron chi connectivity index (χ0n) is 18.8. The number of carbonyl (C=O) groups is 1. The first-order chi connectivity index (χ1) is 16.5. The fourth-order valence-electron chi connectivity index (χ4n) is 3.69. The summed E-state index contributed by atoms with van der Waals surface area (Å²) in [7, 11) is 0. The van der Waals surface area contributed by atoms with Crippen molar-refractivity contribution in [2.45, 2.75) is 13.0 Å². The number of aromatic nitrogens is 1. The highest BCUT2D eigenvalue weighted by Crippen LogP contribution is 2.21. The van der Waals surface area contributed by atoms with E-state index < -0.39 is 5.82 Å². The van der Waals surface area contributed by atoms with Gasteiger partial charge in [-0.3, -0.25) is 14.7 Å². The molecule has 0 bridgehead atoms. The van der Waals surface area contributed by atoms with Crippen LogP contribution in [0.4, 0.5) is 4.39 Å². The molecule has 1 amide bonds. The lowest BCUT2D eigenvalue weighted by Crippen LogP contribution is -2.38. The monoisotopic (exact) mass is 483 g/mol. The molecule has 0 saturated carbocycles. The Kier molecular flexibility index (Phi) is 8.46. The molecule has 0 aliphatic carbocycles. The van der Waals surface area contributed by atoms with Gasteiger partial charge in [0, 0.05) is 54.7 Å². The maximum Gasteiger partial charge on any atom is 0.226 e. The Balaban J connectivity index is 1.25. The smallest absolute Gasteiger partial charge is 0.226 e. The average Bonchev–Trinajstić information content (AvgIpc) is 2.84. The summed E-state index contributed by atoms with van der Waals surface area (Å²) in [4.78, 5) is 19.0. The summed E-state index contributed by atoms with van der Waals surface area (Å²) in [5.41, 5.74) is 3.24. The molecule has 2 heterocycles. The summed E-state index contributed by atoms with van der Waals surface area (Å²) in [6.45, 7) is 4.64. The molecular weight excluding hydrogens is 457 g/mol. The number of amides is 1. The van der Waals surface area contributed by atoms with Gasteiger partial charge in [0.05, 0.1) is 19.6 Å². The maximum atomic E-state index is 14.0. The Morgan fingerprint density at radius 3 is 2.59 bits per heavy atom. The van der Waals surface area contributed by atoms with Gasteiger partial charge in [-0.15, -0.1) is 0 Å². The molecule has 4 rings (SSSR count). The fraction of sp³-hybridized carbons (Fsp3) is 0.308. The first-order valence-electron chi connectivity index (χ1n) is 11.2. The second kappa shape index (κ2) is 11.9. The number of morpholine rings is 1. The summed E-state index contributed by atoms with van der Waals surface area (Å²) in [6, 6.07) is 15.7. The molecule has 2 aromatic carbocycles. The first-order valence-corrected chi connectivity index (χ1v) is 11.6. The van der Waals surface area contributed by atoms with Gasteiger partial charge < -0.3 is 14.8 Å². The number of halogens is 2. The molecule has 1 aliphatic heterocycles. The Labute approximate surface area is 203 Å². The van der Waals surface area contributed by atoms with E-state index in [-0.39, 0.29) is 18.9 Å². The number of ether oxygens (including phenoxy) is 2. The zero-order chi connectivity index (χ0) is 23.8. The standard InChI is InChI=1S/C26H27ClFN3O3/c27-22-4-1-20(2-5-22)21-3-6-24(29-18-21)16-26(32)30-17-19-13-23(28)15-25(14-19)34-12-9-31-7-10-33-11-8-31/h1-6,13-15,18H,7-12,16-17H2,(H,30,32). The SMILES string of the molecule is O=C(Cc1ccc(-c2ccc(Cl)cc2)cn1)NCc1cc(F)cc(OCCN2CCOCC2)c1. The predicted molar refractivity (Wildman–Crippen MR) is 129 cm³/mol. The van der Waals surface area contributed by atoms with Crippen molar-refractivity contribution in [2.24, 2.45) is 0 Å². The Bertz CT molecular complexity index is 1090. The lowest BCUT2D eigenvalue weighted by molar-refractivity contribution is -0.120.